The van der Waals surface area contributed by atoms with Crippen LogP contribution in [0.4, 0.5) is 0 Å². The van der Waals surface area contributed by atoms with E-state index in [0.717, 1.165) is 21.3 Å². The molecule has 0 aromatic carbocycles. The summed E-state index contributed by atoms with van der Waals surface area (Å²) in [6.45, 7) is 0.771. The van der Waals surface area contributed by atoms with Gasteiger partial charge in [-0.05, 0) is 0 Å². The molecule has 2 nitrogen and oxygen atoms in total. The Bertz CT molecular complexity index is 214. The molecule has 0 fully saturated rings. The normalized spacial score (nSPS) is 9.64. The Morgan fingerprint density at radius 1 is 1.55 bits per heavy atom. The molecule has 60 valence electrons. The third-order valence-electron chi connectivity index (χ3n) is 1.07. The van der Waals surface area contributed by atoms with Crippen molar-refractivity contribution < 1.29 is 4.74 Å². The van der Waals surface area contributed by atoms with Crippen molar-refractivity contribution in [1.29, 1.82) is 0 Å². The molecule has 0 spiro atoms. The number of hydrogen-bond acceptors (Lipinski definition) is 2. The first-order chi connectivity index (χ1) is 5.33. The molecule has 0 saturated carbocycles. The van der Waals surface area contributed by atoms with Gasteiger partial charge in [0, 0.05) is 0 Å². The van der Waals surface area contributed by atoms with Crippen LogP contribution in [-0.4, -0.2) is 28.4 Å². The van der Waals surface area contributed by atoms with Crippen molar-refractivity contribution in [3.05, 3.63) is 21.9 Å². The van der Waals surface area contributed by atoms with Crippen LogP contribution in [0.15, 0.2) is 18.3 Å². The van der Waals surface area contributed by atoms with Gasteiger partial charge in [0.1, 0.15) is 0 Å². The van der Waals surface area contributed by atoms with Gasteiger partial charge in [-0.2, -0.15) is 0 Å². The molecule has 1 aromatic heterocycles. The predicted octanol–water partition coefficient (Wildman–Crippen LogP) is 1.12. The summed E-state index contributed by atoms with van der Waals surface area (Å²) in [6.07, 6.45) is 1.80. The Kier molecular flexibility index (Phi) is 4.23. The number of rotatable bonds is 3. The summed E-state index contributed by atoms with van der Waals surface area (Å²) < 4.78 is 6.45. The average Bonchev–Trinajstić information content (AvgIpc) is 2.04. The van der Waals surface area contributed by atoms with Crippen LogP contribution in [0.1, 0.15) is 0 Å². The first kappa shape index (κ1) is 9.33. The van der Waals surface area contributed by atoms with Gasteiger partial charge in [-0.1, -0.05) is 0 Å². The maximum absolute atomic E-state index is 5.31. The Morgan fingerprint density at radius 3 is 2.91 bits per heavy atom. The summed E-state index contributed by atoms with van der Waals surface area (Å²) >= 11 is 3.90. The fourth-order valence-electron chi connectivity index (χ4n) is 0.611. The van der Waals surface area contributed by atoms with Crippen LogP contribution in [0.2, 0.25) is 5.21 Å². The Hall–Kier alpha value is 0.238. The minimum absolute atomic E-state index is 0.725. The molecule has 1 atom stereocenters. The van der Waals surface area contributed by atoms with Gasteiger partial charge in [0.25, 0.3) is 0 Å². The van der Waals surface area contributed by atoms with Crippen LogP contribution >= 0.6 is 22.6 Å². The second kappa shape index (κ2) is 4.99. The molecule has 4 heteroatoms. The van der Waals surface area contributed by atoms with Gasteiger partial charge < -0.3 is 0 Å². The topological polar surface area (TPSA) is 22.1 Å². The van der Waals surface area contributed by atoms with E-state index < -0.39 is 0 Å². The third-order valence-corrected chi connectivity index (χ3v) is 2.20. The Labute approximate surface area is 88.4 Å². The molecule has 0 saturated heterocycles. The van der Waals surface area contributed by atoms with Crippen LogP contribution in [-0.2, 0) is 0 Å². The summed E-state index contributed by atoms with van der Waals surface area (Å²) in [5.74, 6) is 0.725. The van der Waals surface area contributed by atoms with E-state index in [4.69, 9.17) is 4.74 Å². The summed E-state index contributed by atoms with van der Waals surface area (Å²) in [5, 5.41) is 1.08. The van der Waals surface area contributed by atoms with Crippen LogP contribution in [0.5, 0.6) is 5.88 Å². The van der Waals surface area contributed by atoms with Gasteiger partial charge in [-0.3, -0.25) is 0 Å². The summed E-state index contributed by atoms with van der Waals surface area (Å²) in [7, 11) is 0. The quantitative estimate of drug-likeness (QED) is 0.614. The molecule has 0 radical (unpaired) electrons. The van der Waals surface area contributed by atoms with Crippen molar-refractivity contribution in [1.82, 2.24) is 4.98 Å². The monoisotopic (exact) mass is 325 g/mol. The van der Waals surface area contributed by atoms with E-state index in [1.54, 1.807) is 23.0 Å². The average molecular weight is 325 g/mol. The molecule has 1 unspecified atom stereocenters. The number of nitrogens with zero attached hydrogens (tertiary/aromatic N) is 1. The van der Waals surface area contributed by atoms with Gasteiger partial charge in [0.05, 0.1) is 0 Å². The molecule has 1 rings (SSSR count). The zero-order chi connectivity index (χ0) is 8.10. The van der Waals surface area contributed by atoms with E-state index in [-0.39, 0.29) is 0 Å². The van der Waals surface area contributed by atoms with Gasteiger partial charge >= 0.3 is 88.8 Å². The van der Waals surface area contributed by atoms with E-state index in [0.29, 0.717) is 0 Å². The number of hydrogen-bond donors (Lipinski definition) is 0. The summed E-state index contributed by atoms with van der Waals surface area (Å²) in [4.78, 5) is 4.09. The fourth-order valence-corrected chi connectivity index (χ4v) is 1.18. The molecular weight excluding hydrogens is 316 g/mol. The van der Waals surface area contributed by atoms with E-state index in [1.165, 1.54) is 0 Å². The number of aromatic nitrogens is 1. The summed E-state index contributed by atoms with van der Waals surface area (Å²) in [5.41, 5.74) is 0. The van der Waals surface area contributed by atoms with Crippen LogP contribution in [0.3, 0.4) is 0 Å². The second-order valence-corrected chi connectivity index (χ2v) is 4.41. The zero-order valence-electron chi connectivity index (χ0n) is 5.96. The van der Waals surface area contributed by atoms with Gasteiger partial charge in [0.2, 0.25) is 0 Å². The minimum atomic E-state index is 0.725. The molecular formula is C7H9AsINO. The standard InChI is InChI=1S/C7H9AsINO/c8-3-4-11-7-2-1-6(9)5-10-7/h1-2,5H,3-4,8H2. The molecule has 1 heterocycles. The number of ether oxygens (including phenoxy) is 1. The van der Waals surface area contributed by atoms with Crippen molar-refractivity contribution in [3.8, 4) is 5.88 Å². The van der Waals surface area contributed by atoms with E-state index >= 15 is 0 Å². The Morgan fingerprint density at radius 2 is 2.36 bits per heavy atom. The van der Waals surface area contributed by atoms with Crippen molar-refractivity contribution in [2.75, 3.05) is 6.61 Å². The van der Waals surface area contributed by atoms with Crippen LogP contribution < -0.4 is 4.74 Å². The molecule has 1 aromatic rings. The molecule has 0 N–H and O–H groups in total. The molecule has 0 bridgehead atoms. The maximum atomic E-state index is 5.31. The molecule has 11 heavy (non-hydrogen) atoms. The molecule has 0 aliphatic heterocycles. The Balaban J connectivity index is 2.52. The van der Waals surface area contributed by atoms with E-state index in [2.05, 4.69) is 27.6 Å². The van der Waals surface area contributed by atoms with E-state index in [1.807, 2.05) is 12.1 Å². The van der Waals surface area contributed by atoms with Crippen molar-refractivity contribution in [3.63, 3.8) is 0 Å². The van der Waals surface area contributed by atoms with Crippen LogP contribution in [0.25, 0.3) is 0 Å². The fraction of sp³-hybridized carbons (Fsp3) is 0.286. The number of pyridine rings is 1. The number of halogens is 1. The van der Waals surface area contributed by atoms with E-state index in [9.17, 15) is 0 Å². The van der Waals surface area contributed by atoms with Crippen molar-refractivity contribution >= 4 is 39.4 Å². The first-order valence-electron chi connectivity index (χ1n) is 3.27. The summed E-state index contributed by atoms with van der Waals surface area (Å²) in [6, 6.07) is 3.88. The second-order valence-electron chi connectivity index (χ2n) is 1.95. The molecule has 0 aliphatic carbocycles. The van der Waals surface area contributed by atoms with Crippen molar-refractivity contribution in [2.24, 2.45) is 0 Å². The first-order valence-corrected chi connectivity index (χ1v) is 6.06. The van der Waals surface area contributed by atoms with Gasteiger partial charge in [-0.25, -0.2) is 0 Å². The molecule has 0 amide bonds. The molecule has 0 aliphatic rings. The SMILES string of the molecule is [AsH2]CCOc1ccc(I)cn1. The van der Waals surface area contributed by atoms with Crippen molar-refractivity contribution in [2.45, 2.75) is 5.21 Å². The zero-order valence-corrected chi connectivity index (χ0v) is 10.5. The third kappa shape index (κ3) is 3.43. The van der Waals surface area contributed by atoms with Gasteiger partial charge in [0.15, 0.2) is 0 Å². The van der Waals surface area contributed by atoms with Crippen LogP contribution in [0, 0.1) is 3.57 Å². The predicted molar refractivity (Wildman–Crippen MR) is 55.8 cm³/mol. The van der Waals surface area contributed by atoms with Gasteiger partial charge in [-0.15, -0.1) is 0 Å².